The Bertz CT molecular complexity index is 871. The standard InChI is InChI=1S/C14H11FN4OS/c1-2-8-21-14-17-16-12-13(20)18(6-7-19(12)14)11-5-3-4-10(15)9-11/h2-7,9H,1,8H2. The highest BCUT2D eigenvalue weighted by Crippen LogP contribution is 2.15. The van der Waals surface area contributed by atoms with Gasteiger partial charge in [-0.3, -0.25) is 13.8 Å². The highest BCUT2D eigenvalue weighted by molar-refractivity contribution is 7.99. The fourth-order valence-electron chi connectivity index (χ4n) is 1.93. The number of halogens is 1. The minimum atomic E-state index is -0.400. The molecule has 2 heterocycles. The van der Waals surface area contributed by atoms with Crippen LogP contribution in [0.3, 0.4) is 0 Å². The zero-order valence-electron chi connectivity index (χ0n) is 10.9. The molecule has 0 fully saturated rings. The van der Waals surface area contributed by atoms with Gasteiger partial charge in [-0.25, -0.2) is 4.39 Å². The van der Waals surface area contributed by atoms with E-state index >= 15 is 0 Å². The van der Waals surface area contributed by atoms with Crippen molar-refractivity contribution in [1.82, 2.24) is 19.2 Å². The van der Waals surface area contributed by atoms with Crippen molar-refractivity contribution in [2.24, 2.45) is 0 Å². The van der Waals surface area contributed by atoms with Crippen molar-refractivity contribution >= 4 is 17.4 Å². The molecule has 0 N–H and O–H groups in total. The monoisotopic (exact) mass is 302 g/mol. The summed E-state index contributed by atoms with van der Waals surface area (Å²) in [5, 5.41) is 8.52. The number of hydrogen-bond acceptors (Lipinski definition) is 4. The second-order valence-electron chi connectivity index (χ2n) is 4.23. The number of fused-ring (bicyclic) bond motifs is 1. The molecule has 5 nitrogen and oxygen atoms in total. The molecule has 3 aromatic rings. The van der Waals surface area contributed by atoms with Gasteiger partial charge in [-0.2, -0.15) is 0 Å². The van der Waals surface area contributed by atoms with E-state index in [2.05, 4.69) is 16.8 Å². The summed E-state index contributed by atoms with van der Waals surface area (Å²) in [5.74, 6) is 0.274. The molecule has 0 aliphatic rings. The van der Waals surface area contributed by atoms with Crippen LogP contribution >= 0.6 is 11.8 Å². The van der Waals surface area contributed by atoms with Crippen LogP contribution in [0.2, 0.25) is 0 Å². The van der Waals surface area contributed by atoms with Crippen molar-refractivity contribution in [2.75, 3.05) is 5.75 Å². The van der Waals surface area contributed by atoms with Crippen LogP contribution in [-0.4, -0.2) is 24.9 Å². The predicted octanol–water partition coefficient (Wildman–Crippen LogP) is 2.30. The van der Waals surface area contributed by atoms with Crippen LogP contribution in [0.4, 0.5) is 4.39 Å². The molecule has 0 spiro atoms. The lowest BCUT2D eigenvalue weighted by Gasteiger charge is -2.06. The van der Waals surface area contributed by atoms with Gasteiger partial charge in [0.1, 0.15) is 5.82 Å². The number of nitrogens with zero attached hydrogens (tertiary/aromatic N) is 4. The van der Waals surface area contributed by atoms with Crippen molar-refractivity contribution in [3.63, 3.8) is 0 Å². The summed E-state index contributed by atoms with van der Waals surface area (Å²) in [6.07, 6.45) is 5.01. The summed E-state index contributed by atoms with van der Waals surface area (Å²) in [6, 6.07) is 5.83. The van der Waals surface area contributed by atoms with Gasteiger partial charge in [-0.05, 0) is 18.2 Å². The third-order valence-corrected chi connectivity index (χ3v) is 3.80. The zero-order chi connectivity index (χ0) is 14.8. The molecule has 0 saturated carbocycles. The minimum absolute atomic E-state index is 0.202. The highest BCUT2D eigenvalue weighted by atomic mass is 32.2. The average molecular weight is 302 g/mol. The topological polar surface area (TPSA) is 52.2 Å². The lowest BCUT2D eigenvalue weighted by Crippen LogP contribution is -2.20. The van der Waals surface area contributed by atoms with Crippen LogP contribution in [0, 0.1) is 5.82 Å². The molecule has 0 aliphatic carbocycles. The lowest BCUT2D eigenvalue weighted by molar-refractivity contribution is 0.626. The van der Waals surface area contributed by atoms with E-state index in [9.17, 15) is 9.18 Å². The summed E-state index contributed by atoms with van der Waals surface area (Å²) < 4.78 is 16.2. The molecule has 0 saturated heterocycles. The van der Waals surface area contributed by atoms with Crippen molar-refractivity contribution in [3.8, 4) is 5.69 Å². The fraction of sp³-hybridized carbons (Fsp3) is 0.0714. The minimum Gasteiger partial charge on any atom is -0.279 e. The van der Waals surface area contributed by atoms with Gasteiger partial charge >= 0.3 is 5.56 Å². The molecule has 0 atom stereocenters. The number of hydrogen-bond donors (Lipinski definition) is 0. The molecule has 0 unspecified atom stereocenters. The van der Waals surface area contributed by atoms with E-state index in [1.54, 1.807) is 35.0 Å². The summed E-state index contributed by atoms with van der Waals surface area (Å²) in [7, 11) is 0. The average Bonchev–Trinajstić information content (AvgIpc) is 2.89. The first-order valence-corrected chi connectivity index (χ1v) is 7.15. The molecule has 21 heavy (non-hydrogen) atoms. The van der Waals surface area contributed by atoms with Crippen molar-refractivity contribution in [3.05, 3.63) is 65.5 Å². The third kappa shape index (κ3) is 2.47. The normalized spacial score (nSPS) is 10.9. The number of thioether (sulfide) groups is 1. The maximum atomic E-state index is 13.3. The van der Waals surface area contributed by atoms with Gasteiger partial charge in [-0.1, -0.05) is 23.9 Å². The van der Waals surface area contributed by atoms with Crippen LogP contribution in [-0.2, 0) is 0 Å². The Morgan fingerprint density at radius 3 is 2.95 bits per heavy atom. The zero-order valence-corrected chi connectivity index (χ0v) is 11.8. The van der Waals surface area contributed by atoms with Gasteiger partial charge in [0, 0.05) is 18.1 Å². The molecule has 0 aliphatic heterocycles. The van der Waals surface area contributed by atoms with E-state index in [1.807, 2.05) is 0 Å². The fourth-order valence-corrected chi connectivity index (χ4v) is 2.58. The third-order valence-electron chi connectivity index (χ3n) is 2.86. The Labute approximate surface area is 123 Å². The van der Waals surface area contributed by atoms with Crippen LogP contribution in [0.5, 0.6) is 0 Å². The van der Waals surface area contributed by atoms with Gasteiger partial charge < -0.3 is 0 Å². The molecule has 1 aromatic carbocycles. The molecule has 0 radical (unpaired) electrons. The molecule has 106 valence electrons. The first-order chi connectivity index (χ1) is 10.2. The van der Waals surface area contributed by atoms with E-state index in [-0.39, 0.29) is 11.2 Å². The van der Waals surface area contributed by atoms with Crippen molar-refractivity contribution in [1.29, 1.82) is 0 Å². The molecular weight excluding hydrogens is 291 g/mol. The SMILES string of the molecule is C=CCSc1nnc2c(=O)n(-c3cccc(F)c3)ccn12. The largest absolute Gasteiger partial charge is 0.300 e. The van der Waals surface area contributed by atoms with Crippen LogP contribution in [0.1, 0.15) is 0 Å². The Morgan fingerprint density at radius 1 is 1.33 bits per heavy atom. The van der Waals surface area contributed by atoms with E-state index in [0.29, 0.717) is 16.6 Å². The Balaban J connectivity index is 2.13. The van der Waals surface area contributed by atoms with Gasteiger partial charge in [0.05, 0.1) is 5.69 Å². The number of aromatic nitrogens is 4. The van der Waals surface area contributed by atoms with Gasteiger partial charge in [0.2, 0.25) is 5.65 Å². The Kier molecular flexibility index (Phi) is 3.57. The first-order valence-electron chi connectivity index (χ1n) is 6.17. The quantitative estimate of drug-likeness (QED) is 0.548. The second-order valence-corrected chi connectivity index (χ2v) is 5.22. The summed E-state index contributed by atoms with van der Waals surface area (Å²) >= 11 is 1.43. The van der Waals surface area contributed by atoms with E-state index in [1.165, 1.54) is 28.5 Å². The molecule has 0 bridgehead atoms. The van der Waals surface area contributed by atoms with E-state index < -0.39 is 5.82 Å². The second kappa shape index (κ2) is 5.53. The number of rotatable bonds is 4. The van der Waals surface area contributed by atoms with Crippen LogP contribution in [0.15, 0.2) is 59.3 Å². The van der Waals surface area contributed by atoms with Gasteiger partial charge in [-0.15, -0.1) is 16.8 Å². The lowest BCUT2D eigenvalue weighted by atomic mass is 10.3. The molecule has 2 aromatic heterocycles. The number of benzene rings is 1. The summed E-state index contributed by atoms with van der Waals surface area (Å²) in [6.45, 7) is 3.64. The smallest absolute Gasteiger partial charge is 0.279 e. The summed E-state index contributed by atoms with van der Waals surface area (Å²) in [5.41, 5.74) is 0.306. The predicted molar refractivity (Wildman–Crippen MR) is 79.5 cm³/mol. The van der Waals surface area contributed by atoms with E-state index in [4.69, 9.17) is 0 Å². The molecule has 7 heteroatoms. The maximum Gasteiger partial charge on any atom is 0.300 e. The molecule has 3 rings (SSSR count). The molecular formula is C14H11FN4OS. The Morgan fingerprint density at radius 2 is 2.19 bits per heavy atom. The van der Waals surface area contributed by atoms with Gasteiger partial charge in [0.25, 0.3) is 0 Å². The van der Waals surface area contributed by atoms with Crippen LogP contribution in [0.25, 0.3) is 11.3 Å². The van der Waals surface area contributed by atoms with Crippen molar-refractivity contribution < 1.29 is 4.39 Å². The highest BCUT2D eigenvalue weighted by Gasteiger charge is 2.11. The van der Waals surface area contributed by atoms with E-state index in [0.717, 1.165) is 0 Å². The first kappa shape index (κ1) is 13.6. The van der Waals surface area contributed by atoms with Gasteiger partial charge in [0.15, 0.2) is 5.16 Å². The van der Waals surface area contributed by atoms with Crippen molar-refractivity contribution in [2.45, 2.75) is 5.16 Å². The Hall–Kier alpha value is -2.41. The summed E-state index contributed by atoms with van der Waals surface area (Å²) in [4.78, 5) is 12.4. The molecule has 0 amide bonds. The maximum absolute atomic E-state index is 13.3. The van der Waals surface area contributed by atoms with Crippen LogP contribution < -0.4 is 5.56 Å².